The van der Waals surface area contributed by atoms with Gasteiger partial charge in [-0.3, -0.25) is 4.99 Å². The van der Waals surface area contributed by atoms with E-state index in [1.165, 1.54) is 11.1 Å². The Morgan fingerprint density at radius 2 is 1.69 bits per heavy atom. The normalized spacial score (nSPS) is 11.1. The maximum atomic E-state index is 6.50. The van der Waals surface area contributed by atoms with Crippen molar-refractivity contribution in [1.82, 2.24) is 0 Å². The Hall–Kier alpha value is -2.49. The number of benzene rings is 3. The van der Waals surface area contributed by atoms with Gasteiger partial charge in [-0.15, -0.1) is 0 Å². The summed E-state index contributed by atoms with van der Waals surface area (Å²) in [4.78, 5) is 4.56. The first-order valence-electron chi connectivity index (χ1n) is 9.41. The fraction of sp³-hybridized carbons (Fsp3) is 0.208. The molecule has 29 heavy (non-hydrogen) atoms. The van der Waals surface area contributed by atoms with E-state index in [0.717, 1.165) is 16.8 Å². The number of nitrogens with zero attached hydrogens (tertiary/aromatic N) is 1. The monoisotopic (exact) mass is 427 g/mol. The Morgan fingerprint density at radius 3 is 2.41 bits per heavy atom. The number of rotatable bonds is 7. The van der Waals surface area contributed by atoms with Crippen LogP contribution in [0.3, 0.4) is 0 Å². The maximum Gasteiger partial charge on any atom is 0.180 e. The van der Waals surface area contributed by atoms with Gasteiger partial charge in [-0.1, -0.05) is 47.5 Å². The van der Waals surface area contributed by atoms with Gasteiger partial charge in [0.1, 0.15) is 6.61 Å². The van der Waals surface area contributed by atoms with Crippen LogP contribution in [0.5, 0.6) is 11.5 Å². The topological polar surface area (TPSA) is 30.8 Å². The molecule has 3 rings (SSSR count). The van der Waals surface area contributed by atoms with E-state index in [4.69, 9.17) is 32.7 Å². The summed E-state index contributed by atoms with van der Waals surface area (Å²) in [5, 5.41) is 1.11. The quantitative estimate of drug-likeness (QED) is 0.369. The van der Waals surface area contributed by atoms with Crippen LogP contribution >= 0.6 is 23.2 Å². The van der Waals surface area contributed by atoms with Crippen LogP contribution < -0.4 is 9.47 Å². The first-order chi connectivity index (χ1) is 14.0. The summed E-state index contributed by atoms with van der Waals surface area (Å²) in [7, 11) is 0. The molecule has 0 radical (unpaired) electrons. The van der Waals surface area contributed by atoms with Gasteiger partial charge in [-0.25, -0.2) is 0 Å². The van der Waals surface area contributed by atoms with E-state index < -0.39 is 0 Å². The summed E-state index contributed by atoms with van der Waals surface area (Å²) in [6.45, 7) is 6.87. The Kier molecular flexibility index (Phi) is 7.18. The second-order valence-electron chi connectivity index (χ2n) is 6.67. The van der Waals surface area contributed by atoms with Crippen molar-refractivity contribution in [1.29, 1.82) is 0 Å². The number of aryl methyl sites for hydroxylation is 2. The third-order valence-electron chi connectivity index (χ3n) is 4.51. The third-order valence-corrected chi connectivity index (χ3v) is 5.16. The Labute approximate surface area is 181 Å². The number of aliphatic imine (C=N–C) groups is 1. The first-order valence-corrected chi connectivity index (χ1v) is 10.2. The number of halogens is 2. The molecule has 0 heterocycles. The summed E-state index contributed by atoms with van der Waals surface area (Å²) < 4.78 is 11.7. The van der Waals surface area contributed by atoms with Crippen LogP contribution in [0.1, 0.15) is 29.2 Å². The molecule has 0 aliphatic carbocycles. The van der Waals surface area contributed by atoms with E-state index in [2.05, 4.69) is 31.0 Å². The smallest absolute Gasteiger partial charge is 0.180 e. The van der Waals surface area contributed by atoms with Crippen LogP contribution in [0, 0.1) is 13.8 Å². The van der Waals surface area contributed by atoms with Crippen LogP contribution in [-0.4, -0.2) is 12.8 Å². The van der Waals surface area contributed by atoms with E-state index in [1.807, 2.05) is 49.4 Å². The largest absolute Gasteiger partial charge is 0.490 e. The molecule has 0 saturated carbocycles. The lowest BCUT2D eigenvalue weighted by atomic mass is 10.1. The predicted molar refractivity (Wildman–Crippen MR) is 122 cm³/mol. The van der Waals surface area contributed by atoms with Gasteiger partial charge in [0.15, 0.2) is 11.5 Å². The lowest BCUT2D eigenvalue weighted by Gasteiger charge is -2.15. The minimum Gasteiger partial charge on any atom is -0.490 e. The van der Waals surface area contributed by atoms with Gasteiger partial charge in [-0.05, 0) is 67.8 Å². The van der Waals surface area contributed by atoms with Crippen molar-refractivity contribution in [2.24, 2.45) is 4.99 Å². The maximum absolute atomic E-state index is 6.50. The molecule has 0 aromatic heterocycles. The average molecular weight is 428 g/mol. The molecule has 150 valence electrons. The van der Waals surface area contributed by atoms with Gasteiger partial charge >= 0.3 is 0 Å². The number of ether oxygens (including phenoxy) is 2. The van der Waals surface area contributed by atoms with Gasteiger partial charge in [0, 0.05) is 16.8 Å². The van der Waals surface area contributed by atoms with Crippen LogP contribution in [0.2, 0.25) is 10.0 Å². The fourth-order valence-corrected chi connectivity index (χ4v) is 3.25. The average Bonchev–Trinajstić information content (AvgIpc) is 2.70. The van der Waals surface area contributed by atoms with Crippen molar-refractivity contribution < 1.29 is 9.47 Å². The SMILES string of the molecule is CCOc1cc(C=Nc2ccc(C)c(C)c2)cc(Cl)c1OCc1ccccc1Cl. The molecule has 0 amide bonds. The standard InChI is InChI=1S/C24H23Cl2NO2/c1-4-28-23-13-18(14-27-20-10-9-16(2)17(3)11-20)12-22(26)24(23)29-15-19-7-5-6-8-21(19)25/h5-14H,4,15H2,1-3H3. The van der Waals surface area contributed by atoms with Gasteiger partial charge in [0.05, 0.1) is 17.3 Å². The molecule has 0 saturated heterocycles. The molecule has 0 aliphatic rings. The molecule has 0 atom stereocenters. The van der Waals surface area contributed by atoms with Gasteiger partial charge in [0.25, 0.3) is 0 Å². The molecular weight excluding hydrogens is 405 g/mol. The lowest BCUT2D eigenvalue weighted by Crippen LogP contribution is -2.01. The van der Waals surface area contributed by atoms with Crippen molar-refractivity contribution >= 4 is 35.1 Å². The van der Waals surface area contributed by atoms with Crippen molar-refractivity contribution in [2.75, 3.05) is 6.61 Å². The first kappa shape index (κ1) is 21.2. The van der Waals surface area contributed by atoms with E-state index in [1.54, 1.807) is 6.21 Å². The highest BCUT2D eigenvalue weighted by Crippen LogP contribution is 2.37. The molecule has 0 bridgehead atoms. The minimum absolute atomic E-state index is 0.301. The minimum atomic E-state index is 0.301. The molecule has 0 aliphatic heterocycles. The van der Waals surface area contributed by atoms with Crippen LogP contribution in [0.15, 0.2) is 59.6 Å². The highest BCUT2D eigenvalue weighted by atomic mass is 35.5. The molecule has 3 nitrogen and oxygen atoms in total. The Bertz CT molecular complexity index is 1030. The second-order valence-corrected chi connectivity index (χ2v) is 7.48. The fourth-order valence-electron chi connectivity index (χ4n) is 2.79. The van der Waals surface area contributed by atoms with Crippen LogP contribution in [-0.2, 0) is 6.61 Å². The predicted octanol–water partition coefficient (Wildman–Crippen LogP) is 7.34. The Balaban J connectivity index is 1.84. The summed E-state index contributed by atoms with van der Waals surface area (Å²) >= 11 is 12.7. The number of hydrogen-bond donors (Lipinski definition) is 0. The Morgan fingerprint density at radius 1 is 0.897 bits per heavy atom. The molecule has 0 N–H and O–H groups in total. The zero-order valence-electron chi connectivity index (χ0n) is 16.7. The van der Waals surface area contributed by atoms with E-state index in [0.29, 0.717) is 34.8 Å². The van der Waals surface area contributed by atoms with Crippen LogP contribution in [0.25, 0.3) is 0 Å². The molecule has 3 aromatic rings. The molecule has 0 spiro atoms. The van der Waals surface area contributed by atoms with Gasteiger partial charge in [0.2, 0.25) is 0 Å². The van der Waals surface area contributed by atoms with E-state index >= 15 is 0 Å². The molecule has 0 unspecified atom stereocenters. The summed E-state index contributed by atoms with van der Waals surface area (Å²) in [5.74, 6) is 1.07. The van der Waals surface area contributed by atoms with Crippen molar-refractivity contribution in [3.63, 3.8) is 0 Å². The summed E-state index contributed by atoms with van der Waals surface area (Å²) in [6.07, 6.45) is 1.77. The molecule has 0 fully saturated rings. The van der Waals surface area contributed by atoms with E-state index in [9.17, 15) is 0 Å². The van der Waals surface area contributed by atoms with Gasteiger partial charge < -0.3 is 9.47 Å². The molecule has 3 aromatic carbocycles. The van der Waals surface area contributed by atoms with Gasteiger partial charge in [-0.2, -0.15) is 0 Å². The van der Waals surface area contributed by atoms with Crippen LogP contribution in [0.4, 0.5) is 5.69 Å². The summed E-state index contributed by atoms with van der Waals surface area (Å²) in [6, 6.07) is 17.3. The highest BCUT2D eigenvalue weighted by Gasteiger charge is 2.13. The third kappa shape index (κ3) is 5.53. The van der Waals surface area contributed by atoms with Crippen molar-refractivity contribution in [3.8, 4) is 11.5 Å². The second kappa shape index (κ2) is 9.82. The molecular formula is C24H23Cl2NO2. The summed E-state index contributed by atoms with van der Waals surface area (Å²) in [5.41, 5.74) is 5.05. The highest BCUT2D eigenvalue weighted by molar-refractivity contribution is 6.32. The lowest BCUT2D eigenvalue weighted by molar-refractivity contribution is 0.269. The van der Waals surface area contributed by atoms with E-state index in [-0.39, 0.29) is 0 Å². The van der Waals surface area contributed by atoms with Crippen molar-refractivity contribution in [2.45, 2.75) is 27.4 Å². The number of hydrogen-bond acceptors (Lipinski definition) is 3. The molecule has 5 heteroatoms. The zero-order chi connectivity index (χ0) is 20.8. The van der Waals surface area contributed by atoms with Crippen molar-refractivity contribution in [3.05, 3.63) is 86.9 Å². The zero-order valence-corrected chi connectivity index (χ0v) is 18.2.